The Balaban J connectivity index is 1.65. The summed E-state index contributed by atoms with van der Waals surface area (Å²) >= 11 is 0. The topological polar surface area (TPSA) is 120 Å². The molecule has 1 aliphatic heterocycles. The van der Waals surface area contributed by atoms with Gasteiger partial charge < -0.3 is 48.9 Å². The summed E-state index contributed by atoms with van der Waals surface area (Å²) in [5, 5.41) is 5.75. The molecule has 1 fully saturated rings. The number of ether oxygens (including phenoxy) is 6. The van der Waals surface area contributed by atoms with Crippen molar-refractivity contribution in [2.24, 2.45) is 0 Å². The van der Waals surface area contributed by atoms with E-state index in [1.165, 1.54) is 42.7 Å². The third-order valence-electron chi connectivity index (χ3n) is 5.90. The van der Waals surface area contributed by atoms with Gasteiger partial charge in [0.1, 0.15) is 0 Å². The van der Waals surface area contributed by atoms with E-state index in [2.05, 4.69) is 10.6 Å². The number of rotatable bonds is 8. The van der Waals surface area contributed by atoms with Crippen molar-refractivity contribution >= 4 is 23.4 Å². The van der Waals surface area contributed by atoms with Gasteiger partial charge in [-0.25, -0.2) is 9.59 Å². The standard InChI is InChI=1S/C25H34N4O8/c1-32-18-12-16(13-19(33-2)22(18)36-5)26-24(30)28-8-7-9-29(11-10-28)25(31)27-17-14-20(34-3)23(37-6)21(15-17)35-4/h12-15H,7-11H2,1-6H3,(H,26,30)(H,27,31). The maximum absolute atomic E-state index is 13.0. The van der Waals surface area contributed by atoms with Crippen LogP contribution in [0, 0.1) is 0 Å². The van der Waals surface area contributed by atoms with Gasteiger partial charge in [0.2, 0.25) is 11.5 Å². The Morgan fingerprint density at radius 2 is 0.892 bits per heavy atom. The van der Waals surface area contributed by atoms with Crippen molar-refractivity contribution in [1.82, 2.24) is 9.80 Å². The number of hydrogen-bond acceptors (Lipinski definition) is 8. The first-order valence-corrected chi connectivity index (χ1v) is 11.6. The minimum absolute atomic E-state index is 0.291. The molecule has 0 aromatic heterocycles. The summed E-state index contributed by atoms with van der Waals surface area (Å²) in [6, 6.07) is 6.06. The summed E-state index contributed by atoms with van der Waals surface area (Å²) in [5.74, 6) is 2.61. The van der Waals surface area contributed by atoms with Gasteiger partial charge in [-0.05, 0) is 6.42 Å². The number of amides is 4. The van der Waals surface area contributed by atoms with E-state index in [4.69, 9.17) is 28.4 Å². The van der Waals surface area contributed by atoms with Crippen molar-refractivity contribution < 1.29 is 38.0 Å². The molecule has 12 heteroatoms. The van der Waals surface area contributed by atoms with Crippen LogP contribution in [0.25, 0.3) is 0 Å². The second-order valence-corrected chi connectivity index (χ2v) is 8.02. The molecule has 0 radical (unpaired) electrons. The van der Waals surface area contributed by atoms with Crippen molar-refractivity contribution in [2.75, 3.05) is 79.5 Å². The maximum Gasteiger partial charge on any atom is 0.321 e. The van der Waals surface area contributed by atoms with Crippen LogP contribution in [0.15, 0.2) is 24.3 Å². The Bertz CT molecular complexity index is 975. The molecule has 202 valence electrons. The van der Waals surface area contributed by atoms with Crippen LogP contribution in [0.5, 0.6) is 34.5 Å². The molecule has 0 spiro atoms. The highest BCUT2D eigenvalue weighted by atomic mass is 16.5. The van der Waals surface area contributed by atoms with Crippen LogP contribution in [-0.2, 0) is 0 Å². The fourth-order valence-corrected chi connectivity index (χ4v) is 4.04. The van der Waals surface area contributed by atoms with Gasteiger partial charge in [-0.3, -0.25) is 0 Å². The molecule has 1 saturated heterocycles. The minimum atomic E-state index is -0.291. The fraction of sp³-hybridized carbons (Fsp3) is 0.440. The lowest BCUT2D eigenvalue weighted by Crippen LogP contribution is -2.40. The zero-order chi connectivity index (χ0) is 26.9. The number of carbonyl (C=O) groups excluding carboxylic acids is 2. The van der Waals surface area contributed by atoms with E-state index in [1.807, 2.05) is 0 Å². The molecule has 0 atom stereocenters. The molecule has 2 aromatic carbocycles. The molecular weight excluding hydrogens is 484 g/mol. The largest absolute Gasteiger partial charge is 0.493 e. The first kappa shape index (κ1) is 27.4. The molecule has 0 saturated carbocycles. The maximum atomic E-state index is 13.0. The van der Waals surface area contributed by atoms with E-state index in [1.54, 1.807) is 34.1 Å². The summed E-state index contributed by atoms with van der Waals surface area (Å²) in [4.78, 5) is 29.3. The fourth-order valence-electron chi connectivity index (χ4n) is 4.04. The Hall–Kier alpha value is -4.22. The number of methoxy groups -OCH3 is 6. The van der Waals surface area contributed by atoms with Gasteiger partial charge in [0.05, 0.1) is 54.0 Å². The van der Waals surface area contributed by atoms with Crippen LogP contribution >= 0.6 is 0 Å². The first-order valence-electron chi connectivity index (χ1n) is 11.6. The first-order chi connectivity index (χ1) is 17.9. The van der Waals surface area contributed by atoms with Gasteiger partial charge in [0.15, 0.2) is 23.0 Å². The molecule has 12 nitrogen and oxygen atoms in total. The Morgan fingerprint density at radius 3 is 1.16 bits per heavy atom. The van der Waals surface area contributed by atoms with Gasteiger partial charge in [-0.2, -0.15) is 0 Å². The van der Waals surface area contributed by atoms with E-state index in [0.29, 0.717) is 78.5 Å². The molecule has 3 rings (SSSR count). The van der Waals surface area contributed by atoms with Crippen LogP contribution in [0.3, 0.4) is 0 Å². The Kier molecular flexibility index (Phi) is 9.36. The number of hydrogen-bond donors (Lipinski definition) is 2. The zero-order valence-electron chi connectivity index (χ0n) is 22.0. The normalized spacial score (nSPS) is 13.2. The summed E-state index contributed by atoms with van der Waals surface area (Å²) in [6.07, 6.45) is 0.616. The lowest BCUT2D eigenvalue weighted by Gasteiger charge is -2.23. The molecule has 37 heavy (non-hydrogen) atoms. The van der Waals surface area contributed by atoms with Crippen LogP contribution in [0.1, 0.15) is 6.42 Å². The molecule has 1 heterocycles. The third kappa shape index (κ3) is 6.32. The van der Waals surface area contributed by atoms with Crippen molar-refractivity contribution in [2.45, 2.75) is 6.42 Å². The van der Waals surface area contributed by atoms with Gasteiger partial charge in [0.25, 0.3) is 0 Å². The van der Waals surface area contributed by atoms with Crippen molar-refractivity contribution in [3.05, 3.63) is 24.3 Å². The van der Waals surface area contributed by atoms with Gasteiger partial charge in [-0.15, -0.1) is 0 Å². The second kappa shape index (κ2) is 12.7. The second-order valence-electron chi connectivity index (χ2n) is 8.02. The number of anilines is 2. The van der Waals surface area contributed by atoms with Crippen LogP contribution < -0.4 is 39.1 Å². The predicted molar refractivity (Wildman–Crippen MR) is 138 cm³/mol. The zero-order valence-corrected chi connectivity index (χ0v) is 22.0. The number of urea groups is 2. The quantitative estimate of drug-likeness (QED) is 0.545. The molecular formula is C25H34N4O8. The van der Waals surface area contributed by atoms with Gasteiger partial charge in [0, 0.05) is 50.4 Å². The predicted octanol–water partition coefficient (Wildman–Crippen LogP) is 3.51. The number of benzene rings is 2. The molecule has 1 aliphatic rings. The lowest BCUT2D eigenvalue weighted by atomic mass is 10.2. The SMILES string of the molecule is COc1cc(NC(=O)N2CCCN(C(=O)Nc3cc(OC)c(OC)c(OC)c3)CC2)cc(OC)c1OC. The van der Waals surface area contributed by atoms with Crippen LogP contribution in [0.2, 0.25) is 0 Å². The number of carbonyl (C=O) groups is 2. The smallest absolute Gasteiger partial charge is 0.321 e. The summed E-state index contributed by atoms with van der Waals surface area (Å²) in [5.41, 5.74) is 1.00. The monoisotopic (exact) mass is 518 g/mol. The molecule has 2 aromatic rings. The van der Waals surface area contributed by atoms with Crippen molar-refractivity contribution in [3.8, 4) is 34.5 Å². The van der Waals surface area contributed by atoms with Gasteiger partial charge in [-0.1, -0.05) is 0 Å². The summed E-state index contributed by atoms with van der Waals surface area (Å²) in [7, 11) is 9.06. The molecule has 4 amide bonds. The van der Waals surface area contributed by atoms with Crippen molar-refractivity contribution in [1.29, 1.82) is 0 Å². The highest BCUT2D eigenvalue weighted by Crippen LogP contribution is 2.41. The van der Waals surface area contributed by atoms with E-state index < -0.39 is 0 Å². The van der Waals surface area contributed by atoms with E-state index in [0.717, 1.165) is 0 Å². The highest BCUT2D eigenvalue weighted by Gasteiger charge is 2.24. The Morgan fingerprint density at radius 1 is 0.568 bits per heavy atom. The lowest BCUT2D eigenvalue weighted by molar-refractivity contribution is 0.205. The van der Waals surface area contributed by atoms with Gasteiger partial charge >= 0.3 is 12.1 Å². The van der Waals surface area contributed by atoms with E-state index in [9.17, 15) is 9.59 Å². The average Bonchev–Trinajstić information content (AvgIpc) is 3.18. The minimum Gasteiger partial charge on any atom is -0.493 e. The van der Waals surface area contributed by atoms with Crippen LogP contribution in [-0.4, -0.2) is 90.7 Å². The third-order valence-corrected chi connectivity index (χ3v) is 5.90. The molecule has 0 bridgehead atoms. The Labute approximate surface area is 216 Å². The summed E-state index contributed by atoms with van der Waals surface area (Å²) in [6.45, 7) is 1.70. The average molecular weight is 519 g/mol. The van der Waals surface area contributed by atoms with E-state index >= 15 is 0 Å². The van der Waals surface area contributed by atoms with Crippen molar-refractivity contribution in [3.63, 3.8) is 0 Å². The molecule has 2 N–H and O–H groups in total. The molecule has 0 aliphatic carbocycles. The summed E-state index contributed by atoms with van der Waals surface area (Å²) < 4.78 is 32.1. The van der Waals surface area contributed by atoms with E-state index in [-0.39, 0.29) is 12.1 Å². The molecule has 0 unspecified atom stereocenters. The number of nitrogens with zero attached hydrogens (tertiary/aromatic N) is 2. The highest BCUT2D eigenvalue weighted by molar-refractivity contribution is 5.91. The van der Waals surface area contributed by atoms with Crippen LogP contribution in [0.4, 0.5) is 21.0 Å². The number of nitrogens with one attached hydrogen (secondary N) is 2.